The average molecular weight is 312 g/mol. The van der Waals surface area contributed by atoms with E-state index in [1.54, 1.807) is 0 Å². The van der Waals surface area contributed by atoms with Crippen LogP contribution in [0.3, 0.4) is 0 Å². The zero-order valence-electron chi connectivity index (χ0n) is 11.4. The number of likely N-dealkylation sites (tertiary alicyclic amines) is 1. The number of anilines is 1. The molecule has 2 rings (SSSR count). The molecule has 0 spiro atoms. The minimum atomic E-state index is 0.586. The van der Waals surface area contributed by atoms with Gasteiger partial charge < -0.3 is 10.2 Å². The SMILES string of the molecule is Cc1cc(NC2CCN(C(C)C)CC2)cnc1Br. The van der Waals surface area contributed by atoms with Crippen molar-refractivity contribution in [3.63, 3.8) is 0 Å². The summed E-state index contributed by atoms with van der Waals surface area (Å²) in [7, 11) is 0. The highest BCUT2D eigenvalue weighted by Gasteiger charge is 2.20. The lowest BCUT2D eigenvalue weighted by atomic mass is 10.0. The first-order valence-electron chi connectivity index (χ1n) is 6.69. The molecule has 0 unspecified atom stereocenters. The Labute approximate surface area is 118 Å². The summed E-state index contributed by atoms with van der Waals surface area (Å²) in [6.07, 6.45) is 4.34. The molecule has 1 aromatic heterocycles. The summed E-state index contributed by atoms with van der Waals surface area (Å²) in [6, 6.07) is 3.41. The number of nitrogens with one attached hydrogen (secondary N) is 1. The molecule has 0 bridgehead atoms. The largest absolute Gasteiger partial charge is 0.381 e. The Balaban J connectivity index is 1.89. The standard InChI is InChI=1S/C14H22BrN3/c1-10(2)18-6-4-12(5-7-18)17-13-8-11(3)14(15)16-9-13/h8-10,12,17H,4-7H2,1-3H3. The van der Waals surface area contributed by atoms with Crippen LogP contribution in [0.25, 0.3) is 0 Å². The van der Waals surface area contributed by atoms with E-state index in [9.17, 15) is 0 Å². The fourth-order valence-corrected chi connectivity index (χ4v) is 2.65. The molecule has 18 heavy (non-hydrogen) atoms. The highest BCUT2D eigenvalue weighted by Crippen LogP contribution is 2.20. The van der Waals surface area contributed by atoms with E-state index in [2.05, 4.69) is 58.0 Å². The van der Waals surface area contributed by atoms with Crippen LogP contribution in [0.5, 0.6) is 0 Å². The van der Waals surface area contributed by atoms with Gasteiger partial charge >= 0.3 is 0 Å². The molecule has 0 aromatic carbocycles. The number of aryl methyl sites for hydroxylation is 1. The molecule has 100 valence electrons. The minimum absolute atomic E-state index is 0.586. The van der Waals surface area contributed by atoms with E-state index in [0.29, 0.717) is 12.1 Å². The van der Waals surface area contributed by atoms with Crippen molar-refractivity contribution in [1.29, 1.82) is 0 Å². The van der Waals surface area contributed by atoms with Gasteiger partial charge in [-0.2, -0.15) is 0 Å². The number of halogens is 1. The lowest BCUT2D eigenvalue weighted by Gasteiger charge is -2.35. The van der Waals surface area contributed by atoms with Crippen LogP contribution >= 0.6 is 15.9 Å². The molecule has 1 fully saturated rings. The van der Waals surface area contributed by atoms with Crippen LogP contribution in [0.2, 0.25) is 0 Å². The molecule has 1 saturated heterocycles. The first-order chi connectivity index (χ1) is 8.56. The van der Waals surface area contributed by atoms with Gasteiger partial charge in [0.1, 0.15) is 4.60 Å². The monoisotopic (exact) mass is 311 g/mol. The number of nitrogens with zero attached hydrogens (tertiary/aromatic N) is 2. The summed E-state index contributed by atoms with van der Waals surface area (Å²) in [6.45, 7) is 9.01. The predicted octanol–water partition coefficient (Wildman–Crippen LogP) is 3.44. The first-order valence-corrected chi connectivity index (χ1v) is 7.48. The van der Waals surface area contributed by atoms with Gasteiger partial charge in [-0.05, 0) is 61.2 Å². The van der Waals surface area contributed by atoms with Crippen molar-refractivity contribution >= 4 is 21.6 Å². The van der Waals surface area contributed by atoms with Crippen LogP contribution in [0.4, 0.5) is 5.69 Å². The smallest absolute Gasteiger partial charge is 0.109 e. The molecular formula is C14H22BrN3. The maximum atomic E-state index is 4.33. The average Bonchev–Trinajstić information content (AvgIpc) is 2.34. The molecule has 4 heteroatoms. The van der Waals surface area contributed by atoms with Crippen LogP contribution in [-0.4, -0.2) is 35.1 Å². The highest BCUT2D eigenvalue weighted by atomic mass is 79.9. The van der Waals surface area contributed by atoms with Crippen molar-refractivity contribution < 1.29 is 0 Å². The van der Waals surface area contributed by atoms with Gasteiger partial charge in [0.05, 0.1) is 11.9 Å². The van der Waals surface area contributed by atoms with Crippen LogP contribution < -0.4 is 5.32 Å². The summed E-state index contributed by atoms with van der Waals surface area (Å²) >= 11 is 3.43. The molecule has 1 aliphatic rings. The third-order valence-electron chi connectivity index (χ3n) is 3.65. The Bertz CT molecular complexity index is 398. The number of piperidine rings is 1. The van der Waals surface area contributed by atoms with E-state index in [1.807, 2.05) is 6.20 Å². The van der Waals surface area contributed by atoms with Crippen molar-refractivity contribution in [3.8, 4) is 0 Å². The lowest BCUT2D eigenvalue weighted by molar-refractivity contribution is 0.177. The summed E-state index contributed by atoms with van der Waals surface area (Å²) in [5.41, 5.74) is 2.32. The van der Waals surface area contributed by atoms with E-state index in [0.717, 1.165) is 10.3 Å². The fraction of sp³-hybridized carbons (Fsp3) is 0.643. The number of hydrogen-bond acceptors (Lipinski definition) is 3. The molecule has 1 aromatic rings. The summed E-state index contributed by atoms with van der Waals surface area (Å²) in [4.78, 5) is 6.88. The minimum Gasteiger partial charge on any atom is -0.381 e. The number of pyridine rings is 1. The zero-order valence-corrected chi connectivity index (χ0v) is 13.0. The molecular weight excluding hydrogens is 290 g/mol. The quantitative estimate of drug-likeness (QED) is 0.867. The van der Waals surface area contributed by atoms with Crippen LogP contribution in [0.15, 0.2) is 16.9 Å². The molecule has 0 amide bonds. The Kier molecular flexibility index (Phi) is 4.62. The van der Waals surface area contributed by atoms with Gasteiger partial charge in [-0.15, -0.1) is 0 Å². The van der Waals surface area contributed by atoms with E-state index in [-0.39, 0.29) is 0 Å². The van der Waals surface area contributed by atoms with Crippen molar-refractivity contribution in [3.05, 3.63) is 22.4 Å². The van der Waals surface area contributed by atoms with Gasteiger partial charge in [0.25, 0.3) is 0 Å². The number of hydrogen-bond donors (Lipinski definition) is 1. The number of rotatable bonds is 3. The Morgan fingerprint density at radius 2 is 2.06 bits per heavy atom. The summed E-state index contributed by atoms with van der Waals surface area (Å²) in [5.74, 6) is 0. The predicted molar refractivity (Wildman–Crippen MR) is 80.0 cm³/mol. The van der Waals surface area contributed by atoms with Crippen LogP contribution in [-0.2, 0) is 0 Å². The van der Waals surface area contributed by atoms with Crippen molar-refractivity contribution in [1.82, 2.24) is 9.88 Å². The van der Waals surface area contributed by atoms with Crippen molar-refractivity contribution in [2.75, 3.05) is 18.4 Å². The highest BCUT2D eigenvalue weighted by molar-refractivity contribution is 9.10. The van der Waals surface area contributed by atoms with Gasteiger partial charge in [-0.3, -0.25) is 0 Å². The third-order valence-corrected chi connectivity index (χ3v) is 4.48. The van der Waals surface area contributed by atoms with Crippen LogP contribution in [0.1, 0.15) is 32.3 Å². The van der Waals surface area contributed by atoms with Crippen molar-refractivity contribution in [2.45, 2.75) is 45.7 Å². The number of aromatic nitrogens is 1. The van der Waals surface area contributed by atoms with Crippen LogP contribution in [0, 0.1) is 6.92 Å². The summed E-state index contributed by atoms with van der Waals surface area (Å²) in [5, 5.41) is 3.60. The van der Waals surface area contributed by atoms with Gasteiger partial charge in [0.2, 0.25) is 0 Å². The Morgan fingerprint density at radius 1 is 1.39 bits per heavy atom. The van der Waals surface area contributed by atoms with E-state index in [1.165, 1.54) is 31.5 Å². The van der Waals surface area contributed by atoms with Gasteiger partial charge in [0.15, 0.2) is 0 Å². The zero-order chi connectivity index (χ0) is 13.1. The van der Waals surface area contributed by atoms with E-state index < -0.39 is 0 Å². The van der Waals surface area contributed by atoms with Gasteiger partial charge in [-0.25, -0.2) is 4.98 Å². The molecule has 2 heterocycles. The fourth-order valence-electron chi connectivity index (χ4n) is 2.43. The second kappa shape index (κ2) is 6.02. The van der Waals surface area contributed by atoms with E-state index >= 15 is 0 Å². The molecule has 0 saturated carbocycles. The molecule has 0 radical (unpaired) electrons. The van der Waals surface area contributed by atoms with E-state index in [4.69, 9.17) is 0 Å². The molecule has 1 aliphatic heterocycles. The molecule has 0 atom stereocenters. The summed E-state index contributed by atoms with van der Waals surface area (Å²) < 4.78 is 0.933. The first kappa shape index (κ1) is 13.8. The second-order valence-electron chi connectivity index (χ2n) is 5.38. The third kappa shape index (κ3) is 3.45. The Hall–Kier alpha value is -0.610. The normalized spacial score (nSPS) is 18.3. The maximum Gasteiger partial charge on any atom is 0.109 e. The molecule has 1 N–H and O–H groups in total. The lowest BCUT2D eigenvalue weighted by Crippen LogP contribution is -2.42. The van der Waals surface area contributed by atoms with Gasteiger partial charge in [-0.1, -0.05) is 0 Å². The van der Waals surface area contributed by atoms with Gasteiger partial charge in [0, 0.05) is 25.2 Å². The van der Waals surface area contributed by atoms with Crippen molar-refractivity contribution in [2.24, 2.45) is 0 Å². The molecule has 0 aliphatic carbocycles. The second-order valence-corrected chi connectivity index (χ2v) is 6.13. The molecule has 3 nitrogen and oxygen atoms in total. The topological polar surface area (TPSA) is 28.2 Å². The Morgan fingerprint density at radius 3 is 2.61 bits per heavy atom. The maximum absolute atomic E-state index is 4.33.